The fraction of sp³-hybridized carbons (Fsp3) is 0.333. The van der Waals surface area contributed by atoms with Gasteiger partial charge in [-0.25, -0.2) is 4.79 Å². The van der Waals surface area contributed by atoms with Crippen LogP contribution in [-0.2, 0) is 6.42 Å². The molecule has 2 rings (SSSR count). The molecule has 2 aromatic rings. The van der Waals surface area contributed by atoms with E-state index in [0.29, 0.717) is 17.4 Å². The van der Waals surface area contributed by atoms with E-state index in [1.165, 1.54) is 33.3 Å². The van der Waals surface area contributed by atoms with Crippen molar-refractivity contribution in [1.82, 2.24) is 0 Å². The Morgan fingerprint density at radius 1 is 1.33 bits per heavy atom. The molecule has 24 heavy (non-hydrogen) atoms. The fourth-order valence-corrected chi connectivity index (χ4v) is 2.56. The lowest BCUT2D eigenvalue weighted by Crippen LogP contribution is -2.16. The summed E-state index contributed by atoms with van der Waals surface area (Å²) in [6, 6.07) is 2.84. The van der Waals surface area contributed by atoms with Gasteiger partial charge in [-0.1, -0.05) is 13.5 Å². The minimum Gasteiger partial charge on any atom is -0.496 e. The minimum atomic E-state index is -1.01. The molecule has 0 saturated carbocycles. The predicted molar refractivity (Wildman–Crippen MR) is 90.1 cm³/mol. The van der Waals surface area contributed by atoms with Crippen LogP contribution in [0.3, 0.4) is 0 Å². The molecule has 128 valence electrons. The summed E-state index contributed by atoms with van der Waals surface area (Å²) in [4.78, 5) is 24.5. The van der Waals surface area contributed by atoms with E-state index >= 15 is 0 Å². The molecular formula is C18H20O6. The summed E-state index contributed by atoms with van der Waals surface area (Å²) in [7, 11) is 2.81. The van der Waals surface area contributed by atoms with Gasteiger partial charge in [0.2, 0.25) is 0 Å². The van der Waals surface area contributed by atoms with Crippen LogP contribution >= 0.6 is 0 Å². The maximum Gasteiger partial charge on any atom is 0.336 e. The number of hydrogen-bond acceptors (Lipinski definition) is 6. The molecule has 1 N–H and O–H groups in total. The van der Waals surface area contributed by atoms with Gasteiger partial charge in [0.1, 0.15) is 22.6 Å². The van der Waals surface area contributed by atoms with E-state index in [4.69, 9.17) is 13.9 Å². The van der Waals surface area contributed by atoms with Crippen molar-refractivity contribution >= 4 is 16.8 Å². The fourth-order valence-electron chi connectivity index (χ4n) is 2.56. The molecule has 6 heteroatoms. The number of ketones is 1. The number of Topliss-reactive ketones (excluding diaryl/α,β-unsaturated/α-hetero) is 1. The molecule has 6 nitrogen and oxygen atoms in total. The normalized spacial score (nSPS) is 12.0. The standard InChI is InChI=1S/C18H20O6/c1-6-11-7-14(20)24-13-8-12(22-4)16(18(23-5)15(11)13)17(21)9(2)10(3)19/h7-8,10,19H,2,6H2,1,3-5H3. The molecule has 0 aliphatic heterocycles. The number of carbonyl (C=O) groups excluding carboxylic acids is 1. The van der Waals surface area contributed by atoms with E-state index in [0.717, 1.165) is 0 Å². The second-order valence-corrected chi connectivity index (χ2v) is 5.33. The first-order valence-electron chi connectivity index (χ1n) is 7.48. The van der Waals surface area contributed by atoms with E-state index in [2.05, 4.69) is 6.58 Å². The maximum atomic E-state index is 12.7. The Hall–Kier alpha value is -2.60. The van der Waals surface area contributed by atoms with Crippen molar-refractivity contribution in [2.45, 2.75) is 26.4 Å². The summed E-state index contributed by atoms with van der Waals surface area (Å²) in [5, 5.41) is 10.2. The number of fused-ring (bicyclic) bond motifs is 1. The summed E-state index contributed by atoms with van der Waals surface area (Å²) in [5.74, 6) is -0.0758. The van der Waals surface area contributed by atoms with Gasteiger partial charge in [0.25, 0.3) is 0 Å². The van der Waals surface area contributed by atoms with Gasteiger partial charge in [-0.3, -0.25) is 4.79 Å². The van der Waals surface area contributed by atoms with Crippen molar-refractivity contribution in [3.8, 4) is 11.5 Å². The highest BCUT2D eigenvalue weighted by molar-refractivity contribution is 6.15. The van der Waals surface area contributed by atoms with E-state index in [1.54, 1.807) is 0 Å². The molecule has 0 saturated heterocycles. The molecule has 1 unspecified atom stereocenters. The third-order valence-corrected chi connectivity index (χ3v) is 3.86. The molecule has 0 bridgehead atoms. The highest BCUT2D eigenvalue weighted by Gasteiger charge is 2.27. The van der Waals surface area contributed by atoms with Crippen LogP contribution in [0.4, 0.5) is 0 Å². The van der Waals surface area contributed by atoms with Crippen molar-refractivity contribution in [3.05, 3.63) is 45.8 Å². The third-order valence-electron chi connectivity index (χ3n) is 3.86. The zero-order chi connectivity index (χ0) is 18.0. The Balaban J connectivity index is 2.93. The molecule has 1 heterocycles. The summed E-state index contributed by atoms with van der Waals surface area (Å²) >= 11 is 0. The largest absolute Gasteiger partial charge is 0.496 e. The van der Waals surface area contributed by atoms with E-state index < -0.39 is 17.5 Å². The van der Waals surface area contributed by atoms with Gasteiger partial charge in [0.15, 0.2) is 5.78 Å². The van der Waals surface area contributed by atoms with Crippen LogP contribution in [0.2, 0.25) is 0 Å². The van der Waals surface area contributed by atoms with Crippen LogP contribution in [-0.4, -0.2) is 31.2 Å². The summed E-state index contributed by atoms with van der Waals surface area (Å²) < 4.78 is 16.0. The SMILES string of the molecule is C=C(C(=O)c1c(OC)cc2oc(=O)cc(CC)c2c1OC)C(C)O. The number of aliphatic hydroxyl groups excluding tert-OH is 1. The Morgan fingerprint density at radius 3 is 2.50 bits per heavy atom. The van der Waals surface area contributed by atoms with Crippen molar-refractivity contribution in [3.63, 3.8) is 0 Å². The first-order chi connectivity index (χ1) is 11.3. The molecule has 1 atom stereocenters. The van der Waals surface area contributed by atoms with Crippen LogP contribution in [0.25, 0.3) is 11.0 Å². The van der Waals surface area contributed by atoms with E-state index in [1.807, 2.05) is 6.92 Å². The summed E-state index contributed by atoms with van der Waals surface area (Å²) in [6.07, 6.45) is -0.461. The molecule has 0 radical (unpaired) electrons. The number of aliphatic hydroxyl groups is 1. The zero-order valence-corrected chi connectivity index (χ0v) is 14.1. The van der Waals surface area contributed by atoms with Crippen molar-refractivity contribution in [2.75, 3.05) is 14.2 Å². The lowest BCUT2D eigenvalue weighted by molar-refractivity contribution is 0.0990. The van der Waals surface area contributed by atoms with Gasteiger partial charge in [0, 0.05) is 17.7 Å². The molecule has 0 amide bonds. The molecule has 0 spiro atoms. The Morgan fingerprint density at radius 2 is 2.00 bits per heavy atom. The van der Waals surface area contributed by atoms with Gasteiger partial charge in [-0.15, -0.1) is 0 Å². The number of benzene rings is 1. The molecular weight excluding hydrogens is 312 g/mol. The minimum absolute atomic E-state index is 0.0152. The Bertz CT molecular complexity index is 860. The summed E-state index contributed by atoms with van der Waals surface area (Å²) in [6.45, 7) is 6.97. The number of rotatable bonds is 6. The quantitative estimate of drug-likeness (QED) is 0.497. The van der Waals surface area contributed by atoms with Crippen molar-refractivity contribution < 1.29 is 23.8 Å². The molecule has 0 aliphatic carbocycles. The van der Waals surface area contributed by atoms with E-state index in [-0.39, 0.29) is 28.2 Å². The first-order valence-corrected chi connectivity index (χ1v) is 7.48. The van der Waals surface area contributed by atoms with Crippen LogP contribution in [0, 0.1) is 0 Å². The van der Waals surface area contributed by atoms with Gasteiger partial charge in [-0.2, -0.15) is 0 Å². The van der Waals surface area contributed by atoms with Crippen molar-refractivity contribution in [1.29, 1.82) is 0 Å². The predicted octanol–water partition coefficient (Wildman–Crippen LogP) is 2.49. The number of methoxy groups -OCH3 is 2. The third kappa shape index (κ3) is 2.92. The van der Waals surface area contributed by atoms with Crippen LogP contribution in [0.1, 0.15) is 29.8 Å². The highest BCUT2D eigenvalue weighted by atomic mass is 16.5. The average Bonchev–Trinajstić information content (AvgIpc) is 2.57. The lowest BCUT2D eigenvalue weighted by atomic mass is 9.95. The monoisotopic (exact) mass is 332 g/mol. The highest BCUT2D eigenvalue weighted by Crippen LogP contribution is 2.39. The van der Waals surface area contributed by atoms with Gasteiger partial charge in [-0.05, 0) is 18.9 Å². The van der Waals surface area contributed by atoms with Crippen LogP contribution in [0.15, 0.2) is 33.5 Å². The molecule has 1 aromatic carbocycles. The molecule has 1 aromatic heterocycles. The topological polar surface area (TPSA) is 86.0 Å². The average molecular weight is 332 g/mol. The Kier molecular flexibility index (Phi) is 5.09. The molecule has 0 fully saturated rings. The van der Waals surface area contributed by atoms with Gasteiger partial charge >= 0.3 is 5.63 Å². The second kappa shape index (κ2) is 6.88. The van der Waals surface area contributed by atoms with Crippen molar-refractivity contribution in [2.24, 2.45) is 0 Å². The maximum absolute atomic E-state index is 12.7. The van der Waals surface area contributed by atoms with Crippen LogP contribution < -0.4 is 15.1 Å². The number of aryl methyl sites for hydroxylation is 1. The first kappa shape index (κ1) is 17.7. The van der Waals surface area contributed by atoms with Gasteiger partial charge in [0.05, 0.1) is 25.7 Å². The second-order valence-electron chi connectivity index (χ2n) is 5.33. The van der Waals surface area contributed by atoms with E-state index in [9.17, 15) is 14.7 Å². The number of hydrogen-bond donors (Lipinski definition) is 1. The number of ether oxygens (including phenoxy) is 2. The van der Waals surface area contributed by atoms with Gasteiger partial charge < -0.3 is 19.0 Å². The Labute approximate surface area is 139 Å². The molecule has 0 aliphatic rings. The zero-order valence-electron chi connectivity index (χ0n) is 14.1. The lowest BCUT2D eigenvalue weighted by Gasteiger charge is -2.17. The van der Waals surface area contributed by atoms with Crippen LogP contribution in [0.5, 0.6) is 11.5 Å². The number of carbonyl (C=O) groups is 1. The smallest absolute Gasteiger partial charge is 0.336 e. The summed E-state index contributed by atoms with van der Waals surface area (Å²) in [5.41, 5.74) is 0.629.